The molecule has 82 valence electrons. The molecule has 0 unspecified atom stereocenters. The van der Waals surface area contributed by atoms with Crippen LogP contribution in [-0.4, -0.2) is 10.1 Å². The van der Waals surface area contributed by atoms with E-state index in [9.17, 15) is 0 Å². The fraction of sp³-hybridized carbons (Fsp3) is 0.154. The number of aromatic nitrogens is 1. The molecule has 0 bridgehead atoms. The Morgan fingerprint density at radius 3 is 2.62 bits per heavy atom. The lowest BCUT2D eigenvalue weighted by atomic mass is 10.0. The van der Waals surface area contributed by atoms with Gasteiger partial charge in [-0.1, -0.05) is 17.7 Å². The van der Waals surface area contributed by atoms with E-state index < -0.39 is 0 Å². The first kappa shape index (κ1) is 11.1. The first-order valence-electron chi connectivity index (χ1n) is 5.02. The zero-order chi connectivity index (χ0) is 11.5. The van der Waals surface area contributed by atoms with Crippen LogP contribution in [-0.2, 0) is 6.61 Å². The number of hydrogen-bond donors (Lipinski definition) is 1. The average molecular weight is 234 g/mol. The van der Waals surface area contributed by atoms with E-state index in [4.69, 9.17) is 16.7 Å². The van der Waals surface area contributed by atoms with E-state index >= 15 is 0 Å². The molecule has 3 heteroatoms. The van der Waals surface area contributed by atoms with Gasteiger partial charge in [-0.15, -0.1) is 0 Å². The van der Waals surface area contributed by atoms with Gasteiger partial charge in [0.05, 0.1) is 6.61 Å². The third kappa shape index (κ3) is 2.40. The van der Waals surface area contributed by atoms with Crippen LogP contribution >= 0.6 is 11.6 Å². The Labute approximate surface area is 99.5 Å². The maximum Gasteiger partial charge on any atom is 0.0682 e. The average Bonchev–Trinajstić information content (AvgIpc) is 2.29. The third-order valence-electron chi connectivity index (χ3n) is 2.38. The molecule has 0 fully saturated rings. The highest BCUT2D eigenvalue weighted by Crippen LogP contribution is 2.24. The van der Waals surface area contributed by atoms with Crippen LogP contribution in [0.25, 0.3) is 11.1 Å². The van der Waals surface area contributed by atoms with E-state index in [2.05, 4.69) is 4.98 Å². The summed E-state index contributed by atoms with van der Waals surface area (Å²) in [5.74, 6) is 0. The van der Waals surface area contributed by atoms with E-state index in [0.717, 1.165) is 22.4 Å². The Kier molecular flexibility index (Phi) is 3.22. The van der Waals surface area contributed by atoms with Crippen molar-refractivity contribution in [3.05, 3.63) is 52.8 Å². The van der Waals surface area contributed by atoms with Gasteiger partial charge in [0.2, 0.25) is 0 Å². The van der Waals surface area contributed by atoms with Crippen LogP contribution < -0.4 is 0 Å². The molecule has 0 saturated carbocycles. The molecule has 0 aliphatic heterocycles. The Bertz CT molecular complexity index is 494. The summed E-state index contributed by atoms with van der Waals surface area (Å²) >= 11 is 5.98. The SMILES string of the molecule is Cc1ccc(-c2cc(Cl)cc(CO)c2)cn1. The third-order valence-corrected chi connectivity index (χ3v) is 2.60. The Hall–Kier alpha value is -1.38. The predicted molar refractivity (Wildman–Crippen MR) is 65.3 cm³/mol. The van der Waals surface area contributed by atoms with Crippen molar-refractivity contribution in [1.82, 2.24) is 4.98 Å². The summed E-state index contributed by atoms with van der Waals surface area (Å²) < 4.78 is 0. The van der Waals surface area contributed by atoms with Crippen molar-refractivity contribution in [3.8, 4) is 11.1 Å². The number of hydrogen-bond acceptors (Lipinski definition) is 2. The van der Waals surface area contributed by atoms with Crippen molar-refractivity contribution >= 4 is 11.6 Å². The Morgan fingerprint density at radius 2 is 2.00 bits per heavy atom. The topological polar surface area (TPSA) is 33.1 Å². The van der Waals surface area contributed by atoms with Gasteiger partial charge < -0.3 is 5.11 Å². The van der Waals surface area contributed by atoms with Crippen LogP contribution in [0.15, 0.2) is 36.5 Å². The summed E-state index contributed by atoms with van der Waals surface area (Å²) in [5, 5.41) is 9.73. The number of pyridine rings is 1. The lowest BCUT2D eigenvalue weighted by molar-refractivity contribution is 0.282. The van der Waals surface area contributed by atoms with Gasteiger partial charge in [-0.3, -0.25) is 4.98 Å². The number of benzene rings is 1. The summed E-state index contributed by atoms with van der Waals surface area (Å²) in [6.45, 7) is 1.94. The van der Waals surface area contributed by atoms with Gasteiger partial charge in [-0.05, 0) is 42.3 Å². The summed E-state index contributed by atoms with van der Waals surface area (Å²) in [5.41, 5.74) is 3.77. The van der Waals surface area contributed by atoms with Gasteiger partial charge in [0.1, 0.15) is 0 Å². The van der Waals surface area contributed by atoms with Gasteiger partial charge in [0, 0.05) is 22.5 Å². The molecule has 1 aromatic heterocycles. The second-order valence-corrected chi connectivity index (χ2v) is 4.13. The van der Waals surface area contributed by atoms with Crippen LogP contribution in [0.1, 0.15) is 11.3 Å². The lowest BCUT2D eigenvalue weighted by Gasteiger charge is -2.05. The minimum atomic E-state index is -0.00709. The van der Waals surface area contributed by atoms with Crippen LogP contribution in [0.3, 0.4) is 0 Å². The molecule has 16 heavy (non-hydrogen) atoms. The first-order chi connectivity index (χ1) is 7.69. The number of nitrogens with zero attached hydrogens (tertiary/aromatic N) is 1. The van der Waals surface area contributed by atoms with E-state index in [1.54, 1.807) is 6.07 Å². The molecule has 2 aromatic rings. The van der Waals surface area contributed by atoms with E-state index in [1.807, 2.05) is 37.4 Å². The highest BCUT2D eigenvalue weighted by atomic mass is 35.5. The van der Waals surface area contributed by atoms with Gasteiger partial charge in [0.15, 0.2) is 0 Å². The molecule has 2 nitrogen and oxygen atoms in total. The summed E-state index contributed by atoms with van der Waals surface area (Å²) in [4.78, 5) is 4.24. The zero-order valence-electron chi connectivity index (χ0n) is 8.94. The molecule has 0 spiro atoms. The molecule has 0 aliphatic rings. The molecule has 0 saturated heterocycles. The van der Waals surface area contributed by atoms with Crippen molar-refractivity contribution in [2.24, 2.45) is 0 Å². The molecule has 1 N–H and O–H groups in total. The number of aliphatic hydroxyl groups is 1. The quantitative estimate of drug-likeness (QED) is 0.864. The van der Waals surface area contributed by atoms with Crippen molar-refractivity contribution < 1.29 is 5.11 Å². The minimum Gasteiger partial charge on any atom is -0.392 e. The van der Waals surface area contributed by atoms with Crippen LogP contribution in [0, 0.1) is 6.92 Å². The molecule has 2 rings (SSSR count). The number of halogens is 1. The predicted octanol–water partition coefficient (Wildman–Crippen LogP) is 3.20. The van der Waals surface area contributed by atoms with Gasteiger partial charge in [-0.25, -0.2) is 0 Å². The number of aliphatic hydroxyl groups excluding tert-OH is 1. The molecule has 1 aromatic carbocycles. The standard InChI is InChI=1S/C13H12ClNO/c1-9-2-3-11(7-15-9)12-4-10(8-16)5-13(14)6-12/h2-7,16H,8H2,1H3. The monoisotopic (exact) mass is 233 g/mol. The fourth-order valence-electron chi connectivity index (χ4n) is 1.55. The Morgan fingerprint density at radius 1 is 1.19 bits per heavy atom. The fourth-order valence-corrected chi connectivity index (χ4v) is 1.80. The lowest BCUT2D eigenvalue weighted by Crippen LogP contribution is -1.87. The summed E-state index contributed by atoms with van der Waals surface area (Å²) in [6.07, 6.45) is 1.81. The Balaban J connectivity index is 2.47. The van der Waals surface area contributed by atoms with Gasteiger partial charge >= 0.3 is 0 Å². The molecule has 0 radical (unpaired) electrons. The van der Waals surface area contributed by atoms with E-state index in [1.165, 1.54) is 0 Å². The van der Waals surface area contributed by atoms with Crippen molar-refractivity contribution in [2.45, 2.75) is 13.5 Å². The highest BCUT2D eigenvalue weighted by molar-refractivity contribution is 6.30. The molecular formula is C13H12ClNO. The number of aryl methyl sites for hydroxylation is 1. The summed E-state index contributed by atoms with van der Waals surface area (Å²) in [6, 6.07) is 9.49. The molecular weight excluding hydrogens is 222 g/mol. The van der Waals surface area contributed by atoms with Crippen molar-refractivity contribution in [3.63, 3.8) is 0 Å². The van der Waals surface area contributed by atoms with Crippen LogP contribution in [0.2, 0.25) is 5.02 Å². The zero-order valence-corrected chi connectivity index (χ0v) is 9.70. The maximum atomic E-state index is 9.10. The van der Waals surface area contributed by atoms with Crippen molar-refractivity contribution in [2.75, 3.05) is 0 Å². The molecule has 0 amide bonds. The highest BCUT2D eigenvalue weighted by Gasteiger charge is 2.02. The van der Waals surface area contributed by atoms with E-state index in [0.29, 0.717) is 5.02 Å². The maximum absolute atomic E-state index is 9.10. The van der Waals surface area contributed by atoms with Crippen molar-refractivity contribution in [1.29, 1.82) is 0 Å². The van der Waals surface area contributed by atoms with Gasteiger partial charge in [-0.2, -0.15) is 0 Å². The summed E-state index contributed by atoms with van der Waals surface area (Å²) in [7, 11) is 0. The largest absolute Gasteiger partial charge is 0.392 e. The number of rotatable bonds is 2. The molecule has 1 heterocycles. The van der Waals surface area contributed by atoms with Crippen LogP contribution in [0.4, 0.5) is 0 Å². The smallest absolute Gasteiger partial charge is 0.0682 e. The molecule has 0 aliphatic carbocycles. The van der Waals surface area contributed by atoms with E-state index in [-0.39, 0.29) is 6.61 Å². The van der Waals surface area contributed by atoms with Crippen LogP contribution in [0.5, 0.6) is 0 Å². The second kappa shape index (κ2) is 4.64. The molecule has 0 atom stereocenters. The first-order valence-corrected chi connectivity index (χ1v) is 5.40. The van der Waals surface area contributed by atoms with Gasteiger partial charge in [0.25, 0.3) is 0 Å². The minimum absolute atomic E-state index is 0.00709. The normalized spacial score (nSPS) is 10.4. The second-order valence-electron chi connectivity index (χ2n) is 3.69.